The molecule has 0 radical (unpaired) electrons. The summed E-state index contributed by atoms with van der Waals surface area (Å²) in [7, 11) is 0. The van der Waals surface area contributed by atoms with Crippen molar-refractivity contribution < 1.29 is 39.3 Å². The minimum absolute atomic E-state index is 0.0440. The average Bonchev–Trinajstić information content (AvgIpc) is 3.04. The summed E-state index contributed by atoms with van der Waals surface area (Å²) in [6.45, 7) is 0.725. The first-order valence-corrected chi connectivity index (χ1v) is 7.55. The van der Waals surface area contributed by atoms with Crippen LogP contribution in [0.2, 0.25) is 0 Å². The van der Waals surface area contributed by atoms with E-state index in [9.17, 15) is 19.5 Å². The van der Waals surface area contributed by atoms with Gasteiger partial charge in [-0.3, -0.25) is 4.79 Å². The fraction of sp³-hybridized carbons (Fsp3) is 0.615. The lowest BCUT2D eigenvalue weighted by atomic mass is 10.1. The van der Waals surface area contributed by atoms with Gasteiger partial charge >= 0.3 is 18.0 Å². The number of aromatic nitrogens is 2. The number of urea groups is 1. The minimum atomic E-state index is -1.57. The molecule has 0 fully saturated rings. The van der Waals surface area contributed by atoms with Crippen LogP contribution in [0.5, 0.6) is 0 Å². The molecule has 1 aromatic rings. The summed E-state index contributed by atoms with van der Waals surface area (Å²) in [4.78, 5) is 37.7. The summed E-state index contributed by atoms with van der Waals surface area (Å²) in [6, 6.07) is -4.54. The molecule has 0 saturated heterocycles. The Morgan fingerprint density at radius 3 is 2.42 bits per heavy atom. The van der Waals surface area contributed by atoms with Crippen LogP contribution >= 0.6 is 0 Å². The Morgan fingerprint density at radius 2 is 1.92 bits per heavy atom. The predicted octanol–water partition coefficient (Wildman–Crippen LogP) is -1.90. The number of hydrogen-bond acceptors (Lipinski definition) is 9. The minimum Gasteiger partial charge on any atom is -0.481 e. The number of nitrogens with one attached hydrogen (secondary N) is 2. The summed E-state index contributed by atoms with van der Waals surface area (Å²) in [6.07, 6.45) is -1.85. The highest BCUT2D eigenvalue weighted by Crippen LogP contribution is 2.18. The van der Waals surface area contributed by atoms with E-state index in [-0.39, 0.29) is 24.6 Å². The van der Waals surface area contributed by atoms with E-state index in [2.05, 4.69) is 15.5 Å². The van der Waals surface area contributed by atoms with Gasteiger partial charge in [-0.05, 0) is 13.3 Å². The first kappa shape index (κ1) is 21.3. The molecule has 0 aromatic carbocycles. The van der Waals surface area contributed by atoms with Gasteiger partial charge in [0.25, 0.3) is 0 Å². The zero-order valence-electron chi connectivity index (χ0n) is 13.8. The molecule has 2 amide bonds. The van der Waals surface area contributed by atoms with Gasteiger partial charge in [-0.1, -0.05) is 5.16 Å². The second kappa shape index (κ2) is 9.65. The van der Waals surface area contributed by atoms with Crippen molar-refractivity contribution in [1.29, 1.82) is 0 Å². The van der Waals surface area contributed by atoms with Gasteiger partial charge in [-0.25, -0.2) is 9.59 Å². The zero-order chi connectivity index (χ0) is 19.9. The lowest BCUT2D eigenvalue weighted by Crippen LogP contribution is -2.51. The second-order valence-electron chi connectivity index (χ2n) is 5.44. The van der Waals surface area contributed by atoms with Crippen molar-refractivity contribution in [3.05, 3.63) is 11.7 Å². The number of nitrogens with two attached hydrogens (primary N) is 1. The van der Waals surface area contributed by atoms with Crippen LogP contribution in [0.25, 0.3) is 0 Å². The van der Waals surface area contributed by atoms with Gasteiger partial charge in [0.1, 0.15) is 6.04 Å². The van der Waals surface area contributed by atoms with Crippen molar-refractivity contribution in [3.63, 3.8) is 0 Å². The molecule has 0 bridgehead atoms. The fourth-order valence-electron chi connectivity index (χ4n) is 1.88. The number of carboxylic acid groups (broad SMARTS) is 2. The van der Waals surface area contributed by atoms with Crippen molar-refractivity contribution in [2.45, 2.75) is 44.0 Å². The van der Waals surface area contributed by atoms with Crippen molar-refractivity contribution in [2.24, 2.45) is 5.73 Å². The standard InChI is InChI=1S/C13H21N5O8/c1-5(20)9(12(23)24)16-13(25)15-7(2-3-8(21)22)11-17-10(18-26-11)6(14)4-19/h5-7,9,19-20H,2-4,14H2,1H3,(H,21,22)(H,23,24)(H2,15,16,25)/t5-,6+,7+,9+/m1/s1. The normalized spacial score (nSPS) is 15.5. The van der Waals surface area contributed by atoms with Gasteiger partial charge < -0.3 is 41.3 Å². The Kier molecular flexibility index (Phi) is 7.89. The second-order valence-corrected chi connectivity index (χ2v) is 5.44. The summed E-state index contributed by atoms with van der Waals surface area (Å²) in [5.41, 5.74) is 5.54. The quantitative estimate of drug-likeness (QED) is 0.239. The molecule has 1 rings (SSSR count). The van der Waals surface area contributed by atoms with E-state index in [1.807, 2.05) is 5.32 Å². The largest absolute Gasteiger partial charge is 0.481 e. The number of amides is 2. The molecule has 0 aliphatic rings. The van der Waals surface area contributed by atoms with Gasteiger partial charge in [0.05, 0.1) is 18.8 Å². The van der Waals surface area contributed by atoms with Crippen LogP contribution in [0.15, 0.2) is 4.52 Å². The van der Waals surface area contributed by atoms with E-state index < -0.39 is 48.8 Å². The Morgan fingerprint density at radius 1 is 1.27 bits per heavy atom. The highest BCUT2D eigenvalue weighted by Gasteiger charge is 2.28. The maximum Gasteiger partial charge on any atom is 0.328 e. The average molecular weight is 375 g/mol. The number of hydrogen-bond donors (Lipinski definition) is 7. The van der Waals surface area contributed by atoms with Crippen LogP contribution in [0, 0.1) is 0 Å². The fourth-order valence-corrected chi connectivity index (χ4v) is 1.88. The molecule has 4 atom stereocenters. The lowest BCUT2D eigenvalue weighted by Gasteiger charge is -2.20. The summed E-state index contributed by atoms with van der Waals surface area (Å²) >= 11 is 0. The van der Waals surface area contributed by atoms with E-state index in [1.54, 1.807) is 0 Å². The van der Waals surface area contributed by atoms with E-state index in [4.69, 9.17) is 25.6 Å². The molecule has 146 valence electrons. The first-order chi connectivity index (χ1) is 12.1. The first-order valence-electron chi connectivity index (χ1n) is 7.55. The summed E-state index contributed by atoms with van der Waals surface area (Å²) in [5.74, 6) is -2.80. The highest BCUT2D eigenvalue weighted by molar-refractivity contribution is 5.83. The molecule has 0 saturated carbocycles. The van der Waals surface area contributed by atoms with Crippen molar-refractivity contribution in [1.82, 2.24) is 20.8 Å². The van der Waals surface area contributed by atoms with Crippen LogP contribution in [-0.2, 0) is 9.59 Å². The molecule has 26 heavy (non-hydrogen) atoms. The molecule has 13 heteroatoms. The van der Waals surface area contributed by atoms with Crippen LogP contribution < -0.4 is 16.4 Å². The number of aliphatic hydroxyl groups excluding tert-OH is 2. The number of rotatable bonds is 10. The van der Waals surface area contributed by atoms with E-state index in [0.29, 0.717) is 0 Å². The molecule has 0 aliphatic carbocycles. The molecule has 0 aliphatic heterocycles. The molecular weight excluding hydrogens is 354 g/mol. The Hall–Kier alpha value is -2.77. The lowest BCUT2D eigenvalue weighted by molar-refractivity contribution is -0.141. The highest BCUT2D eigenvalue weighted by atomic mass is 16.5. The third-order valence-corrected chi connectivity index (χ3v) is 3.27. The third kappa shape index (κ3) is 6.27. The van der Waals surface area contributed by atoms with Crippen LogP contribution in [0.3, 0.4) is 0 Å². The smallest absolute Gasteiger partial charge is 0.328 e. The zero-order valence-corrected chi connectivity index (χ0v) is 13.8. The number of aliphatic carboxylic acids is 2. The summed E-state index contributed by atoms with van der Waals surface area (Å²) < 4.78 is 4.93. The van der Waals surface area contributed by atoms with Crippen LogP contribution in [0.4, 0.5) is 4.79 Å². The number of carboxylic acids is 2. The van der Waals surface area contributed by atoms with Gasteiger partial charge in [0, 0.05) is 6.42 Å². The van der Waals surface area contributed by atoms with Crippen LogP contribution in [0.1, 0.15) is 43.6 Å². The van der Waals surface area contributed by atoms with Crippen molar-refractivity contribution in [3.8, 4) is 0 Å². The van der Waals surface area contributed by atoms with Gasteiger partial charge in [-0.15, -0.1) is 0 Å². The Labute approximate surface area is 147 Å². The molecule has 1 heterocycles. The van der Waals surface area contributed by atoms with E-state index >= 15 is 0 Å². The third-order valence-electron chi connectivity index (χ3n) is 3.27. The Balaban J connectivity index is 2.89. The molecular formula is C13H21N5O8. The summed E-state index contributed by atoms with van der Waals surface area (Å²) in [5, 5.41) is 44.0. The maximum atomic E-state index is 12.0. The molecule has 13 nitrogen and oxygen atoms in total. The topological polar surface area (TPSA) is 221 Å². The number of nitrogens with zero attached hydrogens (tertiary/aromatic N) is 2. The predicted molar refractivity (Wildman–Crippen MR) is 82.7 cm³/mol. The molecule has 8 N–H and O–H groups in total. The van der Waals surface area contributed by atoms with Gasteiger partial charge in [0.2, 0.25) is 5.89 Å². The number of carbonyl (C=O) groups excluding carboxylic acids is 1. The van der Waals surface area contributed by atoms with Crippen molar-refractivity contribution in [2.75, 3.05) is 6.61 Å². The molecule has 1 aromatic heterocycles. The maximum absolute atomic E-state index is 12.0. The molecule has 0 spiro atoms. The van der Waals surface area contributed by atoms with Crippen LogP contribution in [-0.4, -0.2) is 67.3 Å². The number of carbonyl (C=O) groups is 3. The molecule has 0 unspecified atom stereocenters. The van der Waals surface area contributed by atoms with Gasteiger partial charge in [0.15, 0.2) is 11.9 Å². The van der Waals surface area contributed by atoms with E-state index in [1.165, 1.54) is 6.92 Å². The van der Waals surface area contributed by atoms with E-state index in [0.717, 1.165) is 0 Å². The Bertz CT molecular complexity index is 634. The van der Waals surface area contributed by atoms with Crippen molar-refractivity contribution >= 4 is 18.0 Å². The SMILES string of the molecule is C[C@@H](O)[C@H](NC(=O)N[C@@H](CCC(=O)O)c1nc([C@@H](N)CO)no1)C(=O)O. The number of aliphatic hydroxyl groups is 2. The van der Waals surface area contributed by atoms with Gasteiger partial charge in [-0.2, -0.15) is 4.98 Å². The monoisotopic (exact) mass is 375 g/mol.